The van der Waals surface area contributed by atoms with Gasteiger partial charge in [0, 0.05) is 0 Å². The first kappa shape index (κ1) is 15.9. The molecule has 0 radical (unpaired) electrons. The van der Waals surface area contributed by atoms with Gasteiger partial charge in [-0.3, -0.25) is 0 Å². The molecule has 1 rings (SSSR count). The molecule has 0 bridgehead atoms. The van der Waals surface area contributed by atoms with Crippen molar-refractivity contribution >= 4 is 21.6 Å². The minimum atomic E-state index is 0. The van der Waals surface area contributed by atoms with E-state index in [2.05, 4.69) is 0 Å². The summed E-state index contributed by atoms with van der Waals surface area (Å²) >= 11 is 0.480. The summed E-state index contributed by atoms with van der Waals surface area (Å²) in [6.45, 7) is 0. The van der Waals surface area contributed by atoms with E-state index >= 15 is 0 Å². The number of rotatable bonds is 0. The minimum absolute atomic E-state index is 0. The third-order valence-corrected chi connectivity index (χ3v) is 1.68. The molecule has 6 N–H and O–H groups in total. The Bertz CT molecular complexity index is 13.5. The Hall–Kier alpha value is 0.698. The van der Waals surface area contributed by atoms with Gasteiger partial charge in [0.15, 0.2) is 0 Å². The average Bonchev–Trinajstić information content (AvgIpc) is 1.46. The van der Waals surface area contributed by atoms with Crippen molar-refractivity contribution in [1.29, 1.82) is 0 Å². The Morgan fingerprint density at radius 1 is 0.833 bits per heavy atom. The molecule has 1 heterocycles. The average molecular weight is 205 g/mol. The van der Waals surface area contributed by atoms with Crippen LogP contribution in [0.5, 0.6) is 0 Å². The van der Waals surface area contributed by atoms with E-state index in [1.54, 1.807) is 8.73 Å². The molecule has 0 amide bonds. The van der Waals surface area contributed by atoms with Crippen LogP contribution in [0.2, 0.25) is 8.73 Å². The first-order valence-corrected chi connectivity index (χ1v) is 5.24. The summed E-state index contributed by atoms with van der Waals surface area (Å²) in [4.78, 5) is 0. The summed E-state index contributed by atoms with van der Waals surface area (Å²) in [5.41, 5.74) is 0. The van der Waals surface area contributed by atoms with E-state index in [-0.39, 0.29) is 16.4 Å². The van der Waals surface area contributed by atoms with E-state index in [9.17, 15) is 0 Å². The Balaban J connectivity index is -0.0000000300. The van der Waals surface area contributed by atoms with Gasteiger partial charge in [0.25, 0.3) is 0 Å². The van der Waals surface area contributed by atoms with Crippen molar-refractivity contribution in [3.63, 3.8) is 0 Å². The fourth-order valence-electron chi connectivity index (χ4n) is 0. The van der Waals surface area contributed by atoms with E-state index < -0.39 is 0 Å². The molecule has 4 heteroatoms. The molecule has 1 aliphatic heterocycles. The van der Waals surface area contributed by atoms with Gasteiger partial charge in [-0.05, 0) is 0 Å². The molecular weight excluding hydrogens is 194 g/mol. The normalized spacial score (nSPS) is 12.0. The summed E-state index contributed by atoms with van der Waals surface area (Å²) in [7, 11) is 0. The van der Waals surface area contributed by atoms with E-state index in [4.69, 9.17) is 0 Å². The van der Waals surface area contributed by atoms with Gasteiger partial charge in [-0.25, -0.2) is 0 Å². The molecule has 1 saturated heterocycles. The maximum absolute atomic E-state index is 1.67. The van der Waals surface area contributed by atoms with Gasteiger partial charge in [-0.1, -0.05) is 0 Å². The molecule has 0 aromatic carbocycles. The van der Waals surface area contributed by atoms with Crippen LogP contribution in [-0.4, -0.2) is 38.0 Å². The summed E-state index contributed by atoms with van der Waals surface area (Å²) in [5, 5.41) is 0. The van der Waals surface area contributed by atoms with E-state index in [1.165, 1.54) is 0 Å². The van der Waals surface area contributed by atoms with E-state index in [1.807, 2.05) is 0 Å². The topological polar surface area (TPSA) is 94.5 Å². The standard InChI is InChI=1S/C2H4.3H2O.Sb.H/c1-2;;;;;/h1-2H2;3*1H2;;. The zero-order valence-electron chi connectivity index (χ0n) is 3.41. The Kier molecular flexibility index (Phi) is 24.4. The molecule has 42 valence electrons. The van der Waals surface area contributed by atoms with Gasteiger partial charge in [-0.2, -0.15) is 0 Å². The van der Waals surface area contributed by atoms with Gasteiger partial charge in [0.2, 0.25) is 0 Å². The van der Waals surface area contributed by atoms with Crippen molar-refractivity contribution in [2.45, 2.75) is 8.73 Å². The molecule has 3 nitrogen and oxygen atoms in total. The van der Waals surface area contributed by atoms with Gasteiger partial charge in [-0.15, -0.1) is 0 Å². The van der Waals surface area contributed by atoms with Crippen LogP contribution in [0.1, 0.15) is 0 Å². The molecule has 0 unspecified atom stereocenters. The predicted molar refractivity (Wildman–Crippen MR) is 27.6 cm³/mol. The van der Waals surface area contributed by atoms with Gasteiger partial charge >= 0.3 is 30.4 Å². The van der Waals surface area contributed by atoms with E-state index in [0.29, 0.717) is 21.6 Å². The van der Waals surface area contributed by atoms with Crippen molar-refractivity contribution < 1.29 is 16.4 Å². The first-order chi connectivity index (χ1) is 1.50. The molecule has 0 saturated carbocycles. The molecule has 0 spiro atoms. The van der Waals surface area contributed by atoms with Crippen molar-refractivity contribution in [3.05, 3.63) is 0 Å². The summed E-state index contributed by atoms with van der Waals surface area (Å²) < 4.78 is 3.34. The van der Waals surface area contributed by atoms with Crippen molar-refractivity contribution in [2.75, 3.05) is 0 Å². The Labute approximate surface area is 47.2 Å². The fraction of sp³-hybridized carbons (Fsp3) is 1.00. The Morgan fingerprint density at radius 2 is 1.00 bits per heavy atom. The van der Waals surface area contributed by atoms with Crippen molar-refractivity contribution in [1.82, 2.24) is 0 Å². The molecule has 1 aliphatic rings. The SMILES string of the molecule is O.O.O.[CH2]1[CH2][SbH]1. The molecule has 0 atom stereocenters. The monoisotopic (exact) mass is 204 g/mol. The van der Waals surface area contributed by atoms with Crippen LogP contribution in [0.25, 0.3) is 0 Å². The summed E-state index contributed by atoms with van der Waals surface area (Å²) in [6, 6.07) is 0. The molecule has 0 aliphatic carbocycles. The van der Waals surface area contributed by atoms with Crippen LogP contribution >= 0.6 is 0 Å². The maximum atomic E-state index is 1.67. The summed E-state index contributed by atoms with van der Waals surface area (Å²) in [6.07, 6.45) is 0. The zero-order valence-corrected chi connectivity index (χ0v) is 6.27. The zero-order chi connectivity index (χ0) is 2.12. The van der Waals surface area contributed by atoms with Gasteiger partial charge in [0.05, 0.1) is 0 Å². The summed E-state index contributed by atoms with van der Waals surface area (Å²) in [5.74, 6) is 0. The quantitative estimate of drug-likeness (QED) is 0.401. The third-order valence-electron chi connectivity index (χ3n) is 0.250. The van der Waals surface area contributed by atoms with Gasteiger partial charge in [0.1, 0.15) is 0 Å². The predicted octanol–water partition coefficient (Wildman–Crippen LogP) is -2.20. The third kappa shape index (κ3) is 22.3. The first-order valence-electron chi connectivity index (χ1n) is 1.21. The fourth-order valence-corrected chi connectivity index (χ4v) is 0. The number of hydrogen-bond acceptors (Lipinski definition) is 0. The second-order valence-corrected chi connectivity index (χ2v) is 5.03. The molecular formula is C2H11O3Sb. The van der Waals surface area contributed by atoms with Crippen molar-refractivity contribution in [3.8, 4) is 0 Å². The molecule has 6 heavy (non-hydrogen) atoms. The second-order valence-electron chi connectivity index (χ2n) is 0.750. The van der Waals surface area contributed by atoms with Crippen LogP contribution in [0.15, 0.2) is 0 Å². The number of hydrogen-bond donors (Lipinski definition) is 0. The molecule has 0 aromatic rings. The molecule has 1 fully saturated rings. The van der Waals surface area contributed by atoms with Crippen LogP contribution in [-0.2, 0) is 0 Å². The van der Waals surface area contributed by atoms with Crippen LogP contribution in [0.3, 0.4) is 0 Å². The van der Waals surface area contributed by atoms with Crippen LogP contribution < -0.4 is 0 Å². The Morgan fingerprint density at radius 3 is 1.00 bits per heavy atom. The van der Waals surface area contributed by atoms with E-state index in [0.717, 1.165) is 0 Å². The second kappa shape index (κ2) is 9.20. The van der Waals surface area contributed by atoms with Crippen molar-refractivity contribution in [2.24, 2.45) is 0 Å². The molecule has 0 aromatic heterocycles. The van der Waals surface area contributed by atoms with Crippen LogP contribution in [0, 0.1) is 0 Å². The van der Waals surface area contributed by atoms with Crippen LogP contribution in [0.4, 0.5) is 0 Å². The van der Waals surface area contributed by atoms with Gasteiger partial charge < -0.3 is 16.4 Å².